The fourth-order valence-electron chi connectivity index (χ4n) is 3.38. The first-order valence-electron chi connectivity index (χ1n) is 8.96. The fourth-order valence-corrected chi connectivity index (χ4v) is 3.38. The third kappa shape index (κ3) is 3.62. The quantitative estimate of drug-likeness (QED) is 0.767. The largest absolute Gasteiger partial charge is 0.495 e. The maximum atomic E-state index is 12.7. The maximum Gasteiger partial charge on any atom is 0.257 e. The Balaban J connectivity index is 1.53. The Morgan fingerprint density at radius 2 is 1.85 bits per heavy atom. The summed E-state index contributed by atoms with van der Waals surface area (Å²) < 4.78 is 5.30. The second-order valence-electron chi connectivity index (χ2n) is 6.53. The van der Waals surface area contributed by atoms with Crippen LogP contribution in [0.25, 0.3) is 0 Å². The molecule has 1 N–H and O–H groups in total. The number of carbonyl (C=O) groups excluding carboxylic acids is 1. The molecule has 1 amide bonds. The van der Waals surface area contributed by atoms with Crippen molar-refractivity contribution in [1.82, 2.24) is 4.98 Å². The Morgan fingerprint density at radius 3 is 2.70 bits per heavy atom. The number of hydrogen-bond donors (Lipinski definition) is 1. The minimum atomic E-state index is -0.203. The normalized spacial score (nSPS) is 13.0. The van der Waals surface area contributed by atoms with Crippen LogP contribution in [0.1, 0.15) is 21.5 Å². The number of amides is 1. The van der Waals surface area contributed by atoms with Gasteiger partial charge in [-0.1, -0.05) is 36.4 Å². The van der Waals surface area contributed by atoms with Gasteiger partial charge in [0, 0.05) is 19.3 Å². The molecule has 1 aliphatic heterocycles. The lowest BCUT2D eigenvalue weighted by atomic mass is 9.99. The third-order valence-corrected chi connectivity index (χ3v) is 4.84. The van der Waals surface area contributed by atoms with Gasteiger partial charge >= 0.3 is 0 Å². The molecule has 1 aliphatic rings. The summed E-state index contributed by atoms with van der Waals surface area (Å²) in [6, 6.07) is 17.7. The highest BCUT2D eigenvalue weighted by Gasteiger charge is 2.18. The van der Waals surface area contributed by atoms with Gasteiger partial charge in [0.25, 0.3) is 5.91 Å². The van der Waals surface area contributed by atoms with Crippen LogP contribution in [0, 0.1) is 0 Å². The summed E-state index contributed by atoms with van der Waals surface area (Å²) >= 11 is 0. The topological polar surface area (TPSA) is 54.5 Å². The molecule has 0 spiro atoms. The van der Waals surface area contributed by atoms with Crippen molar-refractivity contribution in [2.45, 2.75) is 13.0 Å². The lowest BCUT2D eigenvalue weighted by molar-refractivity contribution is 0.102. The lowest BCUT2D eigenvalue weighted by Crippen LogP contribution is -2.30. The summed E-state index contributed by atoms with van der Waals surface area (Å²) in [5.41, 5.74) is 4.84. The van der Waals surface area contributed by atoms with Crippen LogP contribution in [0.2, 0.25) is 0 Å². The summed E-state index contributed by atoms with van der Waals surface area (Å²) in [5.74, 6) is 0.425. The molecule has 0 radical (unpaired) electrons. The molecule has 0 unspecified atom stereocenters. The van der Waals surface area contributed by atoms with Gasteiger partial charge in [-0.25, -0.2) is 0 Å². The summed E-state index contributed by atoms with van der Waals surface area (Å²) in [7, 11) is 1.58. The van der Waals surface area contributed by atoms with Gasteiger partial charge in [0.1, 0.15) is 5.75 Å². The van der Waals surface area contributed by atoms with Crippen molar-refractivity contribution in [2.75, 3.05) is 23.9 Å². The van der Waals surface area contributed by atoms with Crippen LogP contribution >= 0.6 is 0 Å². The molecule has 0 saturated carbocycles. The van der Waals surface area contributed by atoms with Gasteiger partial charge in [0.15, 0.2) is 0 Å². The number of para-hydroxylation sites is 2. The van der Waals surface area contributed by atoms with Crippen molar-refractivity contribution >= 4 is 17.3 Å². The summed E-state index contributed by atoms with van der Waals surface area (Å²) in [6.45, 7) is 1.74. The van der Waals surface area contributed by atoms with Crippen molar-refractivity contribution in [3.63, 3.8) is 0 Å². The number of nitrogens with zero attached hydrogens (tertiary/aromatic N) is 2. The Labute approximate surface area is 158 Å². The van der Waals surface area contributed by atoms with E-state index in [9.17, 15) is 4.79 Å². The molecule has 5 heteroatoms. The first-order valence-corrected chi connectivity index (χ1v) is 8.96. The number of methoxy groups -OCH3 is 1. The van der Waals surface area contributed by atoms with Gasteiger partial charge in [-0.15, -0.1) is 0 Å². The SMILES string of the molecule is COc1ccccc1NC(=O)c1cncc(N2CCc3ccccc3C2)c1. The van der Waals surface area contributed by atoms with Crippen LogP contribution in [0.5, 0.6) is 5.75 Å². The molecule has 0 atom stereocenters. The monoisotopic (exact) mass is 359 g/mol. The lowest BCUT2D eigenvalue weighted by Gasteiger charge is -2.30. The molecule has 136 valence electrons. The Kier molecular flexibility index (Phi) is 4.75. The van der Waals surface area contributed by atoms with Gasteiger partial charge in [-0.05, 0) is 35.7 Å². The number of nitrogens with one attached hydrogen (secondary N) is 1. The molecule has 0 fully saturated rings. The van der Waals surface area contributed by atoms with Gasteiger partial charge < -0.3 is 15.0 Å². The third-order valence-electron chi connectivity index (χ3n) is 4.84. The number of ether oxygens (including phenoxy) is 1. The van der Waals surface area contributed by atoms with Crippen LogP contribution in [-0.4, -0.2) is 24.5 Å². The van der Waals surface area contributed by atoms with Gasteiger partial charge in [0.05, 0.1) is 30.2 Å². The minimum absolute atomic E-state index is 0.203. The molecule has 1 aromatic heterocycles. The maximum absolute atomic E-state index is 12.7. The Morgan fingerprint density at radius 1 is 1.07 bits per heavy atom. The molecular weight excluding hydrogens is 338 g/mol. The highest BCUT2D eigenvalue weighted by Crippen LogP contribution is 2.26. The number of aromatic nitrogens is 1. The highest BCUT2D eigenvalue weighted by atomic mass is 16.5. The number of anilines is 2. The number of benzene rings is 2. The van der Waals surface area contributed by atoms with E-state index >= 15 is 0 Å². The molecule has 2 heterocycles. The number of carbonyl (C=O) groups is 1. The number of pyridine rings is 1. The number of rotatable bonds is 4. The van der Waals surface area contributed by atoms with Crippen LogP contribution in [-0.2, 0) is 13.0 Å². The van der Waals surface area contributed by atoms with E-state index in [0.29, 0.717) is 17.0 Å². The molecule has 0 bridgehead atoms. The first-order chi connectivity index (χ1) is 13.2. The van der Waals surface area contributed by atoms with Crippen molar-refractivity contribution in [3.05, 3.63) is 83.7 Å². The van der Waals surface area contributed by atoms with Crippen molar-refractivity contribution in [2.24, 2.45) is 0 Å². The van der Waals surface area contributed by atoms with Crippen LogP contribution in [0.4, 0.5) is 11.4 Å². The summed E-state index contributed by atoms with van der Waals surface area (Å²) in [6.07, 6.45) is 4.40. The average molecular weight is 359 g/mol. The molecule has 0 aliphatic carbocycles. The molecule has 2 aromatic carbocycles. The minimum Gasteiger partial charge on any atom is -0.495 e. The van der Waals surface area contributed by atoms with E-state index < -0.39 is 0 Å². The first kappa shape index (κ1) is 17.1. The van der Waals surface area contributed by atoms with E-state index in [4.69, 9.17) is 4.74 Å². The molecule has 0 saturated heterocycles. The fraction of sp³-hybridized carbons (Fsp3) is 0.182. The van der Waals surface area contributed by atoms with E-state index in [1.807, 2.05) is 36.5 Å². The van der Waals surface area contributed by atoms with E-state index in [1.165, 1.54) is 11.1 Å². The summed E-state index contributed by atoms with van der Waals surface area (Å²) in [5, 5.41) is 2.90. The smallest absolute Gasteiger partial charge is 0.257 e. The van der Waals surface area contributed by atoms with Crippen LogP contribution in [0.3, 0.4) is 0 Å². The second kappa shape index (κ2) is 7.50. The van der Waals surface area contributed by atoms with Gasteiger partial charge in [-0.2, -0.15) is 0 Å². The predicted octanol–water partition coefficient (Wildman–Crippen LogP) is 3.91. The van der Waals surface area contributed by atoms with Gasteiger partial charge in [0.2, 0.25) is 0 Å². The molecule has 3 aromatic rings. The van der Waals surface area contributed by atoms with E-state index in [0.717, 1.165) is 25.2 Å². The predicted molar refractivity (Wildman–Crippen MR) is 106 cm³/mol. The average Bonchev–Trinajstić information content (AvgIpc) is 2.74. The van der Waals surface area contributed by atoms with Crippen molar-refractivity contribution in [3.8, 4) is 5.75 Å². The second-order valence-corrected chi connectivity index (χ2v) is 6.53. The standard InChI is InChI=1S/C22H21N3O2/c1-27-21-9-5-4-8-20(21)24-22(26)18-12-19(14-23-13-18)25-11-10-16-6-2-3-7-17(16)15-25/h2-9,12-14H,10-11,15H2,1H3,(H,24,26). The van der Waals surface area contributed by atoms with Gasteiger partial charge in [-0.3, -0.25) is 9.78 Å². The molecule has 4 rings (SSSR count). The van der Waals surface area contributed by atoms with Crippen LogP contribution < -0.4 is 15.0 Å². The molecular formula is C22H21N3O2. The summed E-state index contributed by atoms with van der Waals surface area (Å²) in [4.78, 5) is 19.2. The Bertz CT molecular complexity index is 971. The van der Waals surface area contributed by atoms with Crippen LogP contribution in [0.15, 0.2) is 67.0 Å². The highest BCUT2D eigenvalue weighted by molar-refractivity contribution is 6.05. The zero-order valence-corrected chi connectivity index (χ0v) is 15.2. The molecule has 27 heavy (non-hydrogen) atoms. The zero-order valence-electron chi connectivity index (χ0n) is 15.2. The number of hydrogen-bond acceptors (Lipinski definition) is 4. The Hall–Kier alpha value is -3.34. The molecule has 5 nitrogen and oxygen atoms in total. The van der Waals surface area contributed by atoms with Crippen molar-refractivity contribution in [1.29, 1.82) is 0 Å². The number of fused-ring (bicyclic) bond motifs is 1. The zero-order chi connectivity index (χ0) is 18.6. The van der Waals surface area contributed by atoms with Crippen molar-refractivity contribution < 1.29 is 9.53 Å². The van der Waals surface area contributed by atoms with E-state index in [2.05, 4.69) is 39.5 Å². The van der Waals surface area contributed by atoms with E-state index in [1.54, 1.807) is 13.3 Å². The van der Waals surface area contributed by atoms with E-state index in [-0.39, 0.29) is 5.91 Å².